The quantitative estimate of drug-likeness (QED) is 0.0827. The van der Waals surface area contributed by atoms with Crippen molar-refractivity contribution in [3.8, 4) is 17.3 Å². The van der Waals surface area contributed by atoms with Crippen LogP contribution in [0.3, 0.4) is 0 Å². The van der Waals surface area contributed by atoms with E-state index in [1.807, 2.05) is 71.1 Å². The van der Waals surface area contributed by atoms with Gasteiger partial charge in [-0.1, -0.05) is 26.8 Å². The van der Waals surface area contributed by atoms with E-state index in [0.29, 0.717) is 65.5 Å². The molecule has 8 atom stereocenters. The van der Waals surface area contributed by atoms with E-state index in [4.69, 9.17) is 29.0 Å². The Labute approximate surface area is 341 Å². The molecule has 2 aromatic heterocycles. The lowest BCUT2D eigenvalue weighted by Crippen LogP contribution is -2.48. The van der Waals surface area contributed by atoms with Gasteiger partial charge in [0.15, 0.2) is 11.6 Å². The number of hydrogen-bond acceptors (Lipinski definition) is 11. The van der Waals surface area contributed by atoms with Crippen molar-refractivity contribution >= 4 is 40.2 Å². The number of carbonyl (C=O) groups is 4. The summed E-state index contributed by atoms with van der Waals surface area (Å²) in [6.07, 6.45) is 6.55. The first-order valence-electron chi connectivity index (χ1n) is 20.8. The number of esters is 1. The Morgan fingerprint density at radius 1 is 1.03 bits per heavy atom. The Morgan fingerprint density at radius 3 is 2.45 bits per heavy atom. The number of anilines is 1. The molecule has 13 heteroatoms. The fourth-order valence-corrected chi connectivity index (χ4v) is 9.07. The van der Waals surface area contributed by atoms with Gasteiger partial charge in [0.1, 0.15) is 41.9 Å². The SMILES string of the molecule is C=C[C@@H]1C[C@]1(CC(=O)[C@@H]1C[C@@H](Oc2cc(-n3ccc(NC(C)C)n3)nc3cc(OCCOC)ccc23)CN1C(=O)[C@@H](CC(=O)OC1C[C@@H]2C[C@@H]2C1)C(C)(C)C)C(C)=O. The summed E-state index contributed by atoms with van der Waals surface area (Å²) in [6, 6.07) is 8.57. The number of amides is 1. The lowest BCUT2D eigenvalue weighted by atomic mass is 9.77. The Balaban J connectivity index is 1.19. The number of Topliss-reactive ketones (excluding diaryl/α,β-unsaturated/α-hetero) is 2. The van der Waals surface area contributed by atoms with Crippen molar-refractivity contribution in [2.24, 2.45) is 34.5 Å². The number of pyridine rings is 1. The van der Waals surface area contributed by atoms with Gasteiger partial charge < -0.3 is 29.2 Å². The van der Waals surface area contributed by atoms with E-state index in [1.165, 1.54) is 13.3 Å². The number of ether oxygens (including phenoxy) is 4. The summed E-state index contributed by atoms with van der Waals surface area (Å²) in [4.78, 5) is 62.1. The normalized spacial score (nSPS) is 26.6. The summed E-state index contributed by atoms with van der Waals surface area (Å²) in [7, 11) is 1.62. The second-order valence-electron chi connectivity index (χ2n) is 18.3. The number of fused-ring (bicyclic) bond motifs is 2. The van der Waals surface area contributed by atoms with Crippen LogP contribution in [0.4, 0.5) is 5.82 Å². The molecule has 4 aliphatic rings. The summed E-state index contributed by atoms with van der Waals surface area (Å²) in [5.41, 5.74) is -0.820. The molecule has 58 heavy (non-hydrogen) atoms. The van der Waals surface area contributed by atoms with E-state index in [9.17, 15) is 19.2 Å². The lowest BCUT2D eigenvalue weighted by molar-refractivity contribution is -0.156. The zero-order chi connectivity index (χ0) is 41.5. The van der Waals surface area contributed by atoms with Gasteiger partial charge in [-0.3, -0.25) is 19.2 Å². The predicted molar refractivity (Wildman–Crippen MR) is 219 cm³/mol. The zero-order valence-electron chi connectivity index (χ0n) is 35.0. The Kier molecular flexibility index (Phi) is 11.7. The number of carbonyl (C=O) groups excluding carboxylic acids is 4. The molecule has 3 heterocycles. The van der Waals surface area contributed by atoms with Crippen LogP contribution >= 0.6 is 0 Å². The van der Waals surface area contributed by atoms with Crippen LogP contribution in [0.5, 0.6) is 11.5 Å². The minimum absolute atomic E-state index is 0.00660. The molecule has 1 aliphatic heterocycles. The van der Waals surface area contributed by atoms with Gasteiger partial charge in [0, 0.05) is 61.2 Å². The van der Waals surface area contributed by atoms with Gasteiger partial charge in [-0.25, -0.2) is 9.67 Å². The number of aromatic nitrogens is 3. The summed E-state index contributed by atoms with van der Waals surface area (Å²) >= 11 is 0. The predicted octanol–water partition coefficient (Wildman–Crippen LogP) is 6.75. The van der Waals surface area contributed by atoms with Gasteiger partial charge in [-0.2, -0.15) is 0 Å². The molecule has 13 nitrogen and oxygen atoms in total. The van der Waals surface area contributed by atoms with Crippen LogP contribution < -0.4 is 14.8 Å². The monoisotopic (exact) mass is 797 g/mol. The minimum Gasteiger partial charge on any atom is -0.491 e. The molecule has 7 rings (SSSR count). The highest BCUT2D eigenvalue weighted by atomic mass is 16.5. The van der Waals surface area contributed by atoms with Crippen molar-refractivity contribution in [2.45, 2.75) is 111 Å². The maximum Gasteiger partial charge on any atom is 0.306 e. The third kappa shape index (κ3) is 8.94. The van der Waals surface area contributed by atoms with Crippen LogP contribution in [0.2, 0.25) is 0 Å². The highest BCUT2D eigenvalue weighted by Crippen LogP contribution is 2.57. The standard InChI is InChI=1S/C45H59N5O8/c1-9-30-23-45(30,27(4)51)24-38(52)37-20-33(25-49(37)43(54)35(44(5,6)7)21-42(53)58-32-17-28-16-29(28)18-32)57-39-22-41(50-13-12-40(48-50)46-26(2)3)47-36-19-31(10-11-34(36)39)56-15-14-55-8/h9-13,19,22,26,28-30,32-33,35,37H,1,14-18,20-21,23-25H2,2-8H3,(H,46,48)/t28-,29+,30-,32?,33-,35-,37+,45+/m1/s1. The number of allylic oxidation sites excluding steroid dienone is 1. The zero-order valence-corrected chi connectivity index (χ0v) is 35.0. The maximum atomic E-state index is 14.8. The molecule has 4 fully saturated rings. The summed E-state index contributed by atoms with van der Waals surface area (Å²) in [5.74, 6) is 1.85. The van der Waals surface area contributed by atoms with Crippen LogP contribution in [0.15, 0.2) is 49.2 Å². The third-order valence-electron chi connectivity index (χ3n) is 12.6. The minimum atomic E-state index is -0.855. The van der Waals surface area contributed by atoms with Gasteiger partial charge >= 0.3 is 5.97 Å². The fourth-order valence-electron chi connectivity index (χ4n) is 9.07. The molecule has 312 valence electrons. The fraction of sp³-hybridized carbons (Fsp3) is 0.600. The maximum absolute atomic E-state index is 14.8. The topological polar surface area (TPSA) is 151 Å². The van der Waals surface area contributed by atoms with E-state index in [1.54, 1.807) is 22.8 Å². The van der Waals surface area contributed by atoms with Crippen molar-refractivity contribution in [3.05, 3.63) is 49.2 Å². The van der Waals surface area contributed by atoms with Crippen molar-refractivity contribution in [1.82, 2.24) is 19.7 Å². The van der Waals surface area contributed by atoms with Crippen molar-refractivity contribution in [2.75, 3.05) is 32.2 Å². The van der Waals surface area contributed by atoms with Crippen LogP contribution in [-0.4, -0.2) is 94.3 Å². The van der Waals surface area contributed by atoms with Gasteiger partial charge in [-0.15, -0.1) is 11.7 Å². The summed E-state index contributed by atoms with van der Waals surface area (Å²) in [6.45, 7) is 16.2. The van der Waals surface area contributed by atoms with Crippen LogP contribution in [0.25, 0.3) is 16.7 Å². The first-order chi connectivity index (χ1) is 27.6. The molecule has 1 aromatic carbocycles. The molecule has 0 radical (unpaired) electrons. The molecule has 1 unspecified atom stereocenters. The van der Waals surface area contributed by atoms with Crippen LogP contribution in [-0.2, 0) is 28.7 Å². The first-order valence-corrected chi connectivity index (χ1v) is 20.8. The molecule has 1 N–H and O–H groups in total. The molecule has 0 spiro atoms. The molecule has 3 aliphatic carbocycles. The number of rotatable bonds is 18. The molecular weight excluding hydrogens is 739 g/mol. The number of nitrogens with zero attached hydrogens (tertiary/aromatic N) is 4. The van der Waals surface area contributed by atoms with Gasteiger partial charge in [0.25, 0.3) is 0 Å². The molecule has 0 bridgehead atoms. The average Bonchev–Trinajstić information content (AvgIpc) is 3.83. The molecule has 1 amide bonds. The second-order valence-corrected chi connectivity index (χ2v) is 18.3. The molecule has 1 saturated heterocycles. The Bertz CT molecular complexity index is 2050. The van der Waals surface area contributed by atoms with E-state index < -0.39 is 28.9 Å². The van der Waals surface area contributed by atoms with Crippen molar-refractivity contribution in [3.63, 3.8) is 0 Å². The first kappa shape index (κ1) is 41.4. The Morgan fingerprint density at radius 2 is 1.79 bits per heavy atom. The van der Waals surface area contributed by atoms with Gasteiger partial charge in [0.05, 0.1) is 37.0 Å². The van der Waals surface area contributed by atoms with E-state index in [-0.39, 0.29) is 67.3 Å². The van der Waals surface area contributed by atoms with Crippen LogP contribution in [0.1, 0.15) is 86.5 Å². The third-order valence-corrected chi connectivity index (χ3v) is 12.6. The van der Waals surface area contributed by atoms with E-state index in [0.717, 1.165) is 12.8 Å². The number of hydrogen-bond donors (Lipinski definition) is 1. The van der Waals surface area contributed by atoms with Crippen LogP contribution in [0, 0.1) is 34.5 Å². The highest BCUT2D eigenvalue weighted by Gasteiger charge is 2.58. The lowest BCUT2D eigenvalue weighted by Gasteiger charge is -2.35. The number of benzene rings is 1. The molecule has 3 saturated carbocycles. The summed E-state index contributed by atoms with van der Waals surface area (Å²) in [5, 5.41) is 8.72. The number of ketones is 2. The van der Waals surface area contributed by atoms with Crippen molar-refractivity contribution < 1.29 is 38.1 Å². The van der Waals surface area contributed by atoms with E-state index >= 15 is 0 Å². The van der Waals surface area contributed by atoms with E-state index in [2.05, 4.69) is 11.9 Å². The van der Waals surface area contributed by atoms with Gasteiger partial charge in [0.2, 0.25) is 5.91 Å². The largest absolute Gasteiger partial charge is 0.491 e. The number of nitrogens with one attached hydrogen (secondary N) is 1. The molecule has 3 aromatic rings. The van der Waals surface area contributed by atoms with Crippen molar-refractivity contribution in [1.29, 1.82) is 0 Å². The Hall–Kier alpha value is -4.78. The number of methoxy groups -OCH3 is 1. The highest BCUT2D eigenvalue weighted by molar-refractivity contribution is 5.97. The van der Waals surface area contributed by atoms with Gasteiger partial charge in [-0.05, 0) is 81.8 Å². The molecular formula is C45H59N5O8. The smallest absolute Gasteiger partial charge is 0.306 e. The number of likely N-dealkylation sites (tertiary alicyclic amines) is 1. The second kappa shape index (κ2) is 16.5. The summed E-state index contributed by atoms with van der Waals surface area (Å²) < 4.78 is 25.5. The average molecular weight is 798 g/mol.